The maximum Gasteiger partial charge on any atom is 0.407 e. The number of nitrogens with zero attached hydrogens (tertiary/aromatic N) is 5. The van der Waals surface area contributed by atoms with E-state index in [-0.39, 0.29) is 12.2 Å². The van der Waals surface area contributed by atoms with Crippen molar-refractivity contribution in [2.75, 3.05) is 51.3 Å². The van der Waals surface area contributed by atoms with E-state index in [0.717, 1.165) is 78.1 Å². The number of morpholine rings is 1. The first-order valence-corrected chi connectivity index (χ1v) is 13.2. The van der Waals surface area contributed by atoms with Crippen LogP contribution in [0, 0.1) is 0 Å². The van der Waals surface area contributed by atoms with Crippen LogP contribution in [-0.4, -0.2) is 83.7 Å². The fourth-order valence-corrected chi connectivity index (χ4v) is 6.15. The molecule has 2 aliphatic heterocycles. The van der Waals surface area contributed by atoms with Gasteiger partial charge in [-0.1, -0.05) is 12.1 Å². The minimum absolute atomic E-state index is 0.0844. The van der Waals surface area contributed by atoms with Gasteiger partial charge in [-0.05, 0) is 31.5 Å². The maximum atomic E-state index is 11.7. The Morgan fingerprint density at radius 3 is 3.03 bits per heavy atom. The van der Waals surface area contributed by atoms with E-state index in [2.05, 4.69) is 37.4 Å². The fraction of sp³-hybridized carbons (Fsp3) is 0.440. The molecule has 5 heterocycles. The van der Waals surface area contributed by atoms with Gasteiger partial charge < -0.3 is 19.7 Å². The van der Waals surface area contributed by atoms with E-state index in [1.165, 1.54) is 4.88 Å². The third kappa shape index (κ3) is 4.61. The number of nitrogens with one attached hydrogen (secondary N) is 2. The third-order valence-electron chi connectivity index (χ3n) is 6.76. The summed E-state index contributed by atoms with van der Waals surface area (Å²) in [5.74, 6) is 1.67. The van der Waals surface area contributed by atoms with Gasteiger partial charge in [0.1, 0.15) is 6.10 Å². The number of aromatic nitrogens is 4. The first-order chi connectivity index (χ1) is 17.7. The quantitative estimate of drug-likeness (QED) is 0.423. The smallest absolute Gasteiger partial charge is 0.407 e. The molecule has 0 unspecified atom stereocenters. The van der Waals surface area contributed by atoms with Gasteiger partial charge in [-0.25, -0.2) is 14.8 Å². The molecule has 0 saturated carbocycles. The topological polar surface area (TPSA) is 108 Å². The Balaban J connectivity index is 1.34. The van der Waals surface area contributed by atoms with Gasteiger partial charge in [0.05, 0.1) is 35.1 Å². The summed E-state index contributed by atoms with van der Waals surface area (Å²) in [5, 5.41) is 10.8. The number of H-pyrrole nitrogens is 1. The molecule has 1 aromatic carbocycles. The number of carbonyl (C=O) groups is 1. The van der Waals surface area contributed by atoms with Crippen LogP contribution >= 0.6 is 11.3 Å². The minimum Gasteiger partial charge on any atom is -0.445 e. The second-order valence-electron chi connectivity index (χ2n) is 9.19. The van der Waals surface area contributed by atoms with Crippen molar-refractivity contribution in [3.8, 4) is 11.4 Å². The lowest BCUT2D eigenvalue weighted by Gasteiger charge is -2.31. The summed E-state index contributed by atoms with van der Waals surface area (Å²) in [4.78, 5) is 27.7. The Morgan fingerprint density at radius 2 is 2.17 bits per heavy atom. The maximum absolute atomic E-state index is 11.7. The van der Waals surface area contributed by atoms with Gasteiger partial charge in [0.25, 0.3) is 0 Å². The van der Waals surface area contributed by atoms with Crippen LogP contribution in [0.2, 0.25) is 0 Å². The molecule has 10 nitrogen and oxygen atoms in total. The molecule has 4 aromatic rings. The van der Waals surface area contributed by atoms with E-state index in [0.29, 0.717) is 19.0 Å². The van der Waals surface area contributed by atoms with E-state index >= 15 is 0 Å². The number of thiophene rings is 1. The van der Waals surface area contributed by atoms with Crippen molar-refractivity contribution in [1.29, 1.82) is 0 Å². The molecule has 1 atom stereocenters. The van der Waals surface area contributed by atoms with Crippen LogP contribution in [0.4, 0.5) is 10.6 Å². The summed E-state index contributed by atoms with van der Waals surface area (Å²) in [6, 6.07) is 8.25. The van der Waals surface area contributed by atoms with Crippen molar-refractivity contribution in [2.45, 2.75) is 25.5 Å². The molecule has 36 heavy (non-hydrogen) atoms. The Labute approximate surface area is 212 Å². The zero-order chi connectivity index (χ0) is 24.5. The summed E-state index contributed by atoms with van der Waals surface area (Å²) < 4.78 is 12.2. The molecule has 0 radical (unpaired) electrons. The van der Waals surface area contributed by atoms with Crippen molar-refractivity contribution < 1.29 is 14.3 Å². The van der Waals surface area contributed by atoms with Crippen molar-refractivity contribution in [2.24, 2.45) is 0 Å². The van der Waals surface area contributed by atoms with Gasteiger partial charge in [-0.3, -0.25) is 10.00 Å². The average Bonchev–Trinajstić information content (AvgIpc) is 3.55. The van der Waals surface area contributed by atoms with Crippen LogP contribution in [0.15, 0.2) is 30.5 Å². The van der Waals surface area contributed by atoms with Crippen LogP contribution < -0.4 is 10.2 Å². The molecule has 2 fully saturated rings. The number of aromatic amines is 1. The van der Waals surface area contributed by atoms with Crippen LogP contribution in [0.1, 0.15) is 17.7 Å². The number of carbonyl (C=O) groups excluding carboxylic acids is 1. The first kappa shape index (κ1) is 23.1. The van der Waals surface area contributed by atoms with Crippen LogP contribution in [0.5, 0.6) is 0 Å². The average molecular weight is 508 g/mol. The van der Waals surface area contributed by atoms with E-state index < -0.39 is 0 Å². The molecule has 6 rings (SSSR count). The number of hydrogen-bond donors (Lipinski definition) is 2. The number of benzene rings is 1. The van der Waals surface area contributed by atoms with Gasteiger partial charge in [0, 0.05) is 49.1 Å². The molecule has 0 bridgehead atoms. The zero-order valence-electron chi connectivity index (χ0n) is 20.2. The lowest BCUT2D eigenvalue weighted by molar-refractivity contribution is 0.0411. The predicted molar refractivity (Wildman–Crippen MR) is 139 cm³/mol. The highest BCUT2D eigenvalue weighted by Gasteiger charge is 2.25. The Morgan fingerprint density at radius 1 is 1.28 bits per heavy atom. The molecule has 0 aliphatic carbocycles. The van der Waals surface area contributed by atoms with Gasteiger partial charge in [0.2, 0.25) is 0 Å². The molecular formula is C25H29N7O3S. The third-order valence-corrected chi connectivity index (χ3v) is 7.87. The van der Waals surface area contributed by atoms with Crippen molar-refractivity contribution in [3.05, 3.63) is 35.3 Å². The predicted octanol–water partition coefficient (Wildman–Crippen LogP) is 3.39. The highest BCUT2D eigenvalue weighted by atomic mass is 32.1. The number of amides is 1. The van der Waals surface area contributed by atoms with Crippen molar-refractivity contribution >= 4 is 44.4 Å². The summed E-state index contributed by atoms with van der Waals surface area (Å²) in [7, 11) is 1.59. The van der Waals surface area contributed by atoms with Crippen LogP contribution in [0.3, 0.4) is 0 Å². The van der Waals surface area contributed by atoms with Gasteiger partial charge in [-0.2, -0.15) is 5.10 Å². The van der Waals surface area contributed by atoms with Gasteiger partial charge in [-0.15, -0.1) is 11.3 Å². The molecule has 3 aromatic heterocycles. The number of anilines is 1. The highest BCUT2D eigenvalue weighted by molar-refractivity contribution is 7.19. The summed E-state index contributed by atoms with van der Waals surface area (Å²) >= 11 is 1.75. The Kier molecular flexibility index (Phi) is 6.43. The molecule has 2 aliphatic rings. The number of fused-ring (bicyclic) bond motifs is 2. The summed E-state index contributed by atoms with van der Waals surface area (Å²) in [6.45, 7) is 5.51. The lowest BCUT2D eigenvalue weighted by atomic mass is 10.1. The lowest BCUT2D eigenvalue weighted by Crippen LogP contribution is -2.41. The van der Waals surface area contributed by atoms with Crippen LogP contribution in [-0.2, 0) is 16.0 Å². The summed E-state index contributed by atoms with van der Waals surface area (Å²) in [6.07, 6.45) is 3.28. The normalized spacial score (nSPS) is 19.1. The molecular weight excluding hydrogens is 478 g/mol. The first-order valence-electron chi connectivity index (χ1n) is 12.3. The molecule has 0 spiro atoms. The Bertz CT molecular complexity index is 1380. The molecule has 1 amide bonds. The van der Waals surface area contributed by atoms with Crippen molar-refractivity contribution in [3.63, 3.8) is 0 Å². The number of piperidine rings is 1. The molecule has 2 saturated heterocycles. The Hall–Kier alpha value is -3.28. The van der Waals surface area contributed by atoms with Crippen molar-refractivity contribution in [1.82, 2.24) is 30.4 Å². The fourth-order valence-electron chi connectivity index (χ4n) is 5.00. The number of ether oxygens (including phenoxy) is 2. The number of likely N-dealkylation sites (tertiary alicyclic amines) is 1. The molecule has 11 heteroatoms. The van der Waals surface area contributed by atoms with Crippen LogP contribution in [0.25, 0.3) is 32.5 Å². The largest absolute Gasteiger partial charge is 0.445 e. The van der Waals surface area contributed by atoms with Gasteiger partial charge >= 0.3 is 6.09 Å². The number of hydrogen-bond acceptors (Lipinski definition) is 9. The van der Waals surface area contributed by atoms with E-state index in [1.807, 2.05) is 18.3 Å². The minimum atomic E-state index is -0.366. The standard InChI is InChI=1S/C25H29N7O3S/c1-26-25(33)35-16-4-3-7-31(14-16)15-17-12-21-22(36-17)24(32-8-10-34-11-9-32)29-23(28-21)18-5-2-6-20-19(18)13-27-30-20/h2,5-6,12-13,16H,3-4,7-11,14-15H2,1H3,(H,26,33)(H,27,30)/t16-/m1/s1. The highest BCUT2D eigenvalue weighted by Crippen LogP contribution is 2.36. The van der Waals surface area contributed by atoms with E-state index in [4.69, 9.17) is 19.4 Å². The van der Waals surface area contributed by atoms with E-state index in [9.17, 15) is 4.79 Å². The number of rotatable bonds is 5. The SMILES string of the molecule is CNC(=O)O[C@@H]1CCCN(Cc2cc3nc(-c4cccc5[nH]ncc45)nc(N4CCOCC4)c3s2)C1. The summed E-state index contributed by atoms with van der Waals surface area (Å²) in [5.41, 5.74) is 2.89. The molecule has 188 valence electrons. The zero-order valence-corrected chi connectivity index (χ0v) is 21.0. The second-order valence-corrected chi connectivity index (χ2v) is 10.3. The number of alkyl carbamates (subject to hydrolysis) is 1. The monoisotopic (exact) mass is 507 g/mol. The molecule has 2 N–H and O–H groups in total. The van der Waals surface area contributed by atoms with Gasteiger partial charge in [0.15, 0.2) is 11.6 Å². The van der Waals surface area contributed by atoms with E-state index in [1.54, 1.807) is 18.4 Å². The second kappa shape index (κ2) is 10.00.